The third-order valence-corrected chi connectivity index (χ3v) is 4.33. The molecule has 1 aliphatic rings. The molecule has 1 aliphatic heterocycles. The van der Waals surface area contributed by atoms with E-state index < -0.39 is 5.41 Å². The first-order valence-corrected chi connectivity index (χ1v) is 7.05. The van der Waals surface area contributed by atoms with Gasteiger partial charge in [-0.1, -0.05) is 61.9 Å². The Balaban J connectivity index is 2.28. The van der Waals surface area contributed by atoms with Crippen molar-refractivity contribution in [2.24, 2.45) is 5.92 Å². The highest BCUT2D eigenvalue weighted by Crippen LogP contribution is 2.47. The fourth-order valence-electron chi connectivity index (χ4n) is 3.29. The summed E-state index contributed by atoms with van der Waals surface area (Å²) in [5.74, 6) is 0.270. The molecule has 20 heavy (non-hydrogen) atoms. The maximum Gasteiger partial charge on any atom is 0.239 e. The maximum atomic E-state index is 12.8. The smallest absolute Gasteiger partial charge is 0.239 e. The van der Waals surface area contributed by atoms with Crippen molar-refractivity contribution in [1.29, 1.82) is 0 Å². The van der Waals surface area contributed by atoms with Crippen LogP contribution in [0.15, 0.2) is 48.5 Å². The number of rotatable bonds is 2. The van der Waals surface area contributed by atoms with Crippen LogP contribution in [0.1, 0.15) is 30.5 Å². The van der Waals surface area contributed by atoms with Crippen LogP contribution < -0.4 is 5.32 Å². The van der Waals surface area contributed by atoms with Crippen molar-refractivity contribution < 1.29 is 4.79 Å². The van der Waals surface area contributed by atoms with Crippen molar-refractivity contribution in [2.75, 3.05) is 5.32 Å². The van der Waals surface area contributed by atoms with Gasteiger partial charge in [0.05, 0.1) is 0 Å². The van der Waals surface area contributed by atoms with E-state index in [-0.39, 0.29) is 11.8 Å². The van der Waals surface area contributed by atoms with Crippen molar-refractivity contribution in [3.05, 3.63) is 65.2 Å². The van der Waals surface area contributed by atoms with E-state index in [4.69, 9.17) is 0 Å². The molecule has 0 saturated heterocycles. The Morgan fingerprint density at radius 2 is 1.65 bits per heavy atom. The van der Waals surface area contributed by atoms with E-state index in [9.17, 15) is 4.79 Å². The average Bonchev–Trinajstić information content (AvgIpc) is 2.73. The number of carbonyl (C=O) groups excluding carboxylic acids is 1. The van der Waals surface area contributed by atoms with E-state index in [0.717, 1.165) is 16.8 Å². The molecule has 1 unspecified atom stereocenters. The largest absolute Gasteiger partial charge is 0.325 e. The lowest BCUT2D eigenvalue weighted by atomic mass is 9.67. The van der Waals surface area contributed by atoms with Crippen LogP contribution >= 0.6 is 0 Å². The number of fused-ring (bicyclic) bond motifs is 1. The molecular weight excluding hydrogens is 246 g/mol. The van der Waals surface area contributed by atoms with Crippen LogP contribution in [0.5, 0.6) is 0 Å². The molecule has 0 spiro atoms. The highest BCUT2D eigenvalue weighted by atomic mass is 16.2. The zero-order valence-corrected chi connectivity index (χ0v) is 12.1. The van der Waals surface area contributed by atoms with Crippen LogP contribution in [0.2, 0.25) is 0 Å². The van der Waals surface area contributed by atoms with Gasteiger partial charge in [0.2, 0.25) is 5.91 Å². The molecule has 1 atom stereocenters. The molecule has 0 aromatic heterocycles. The fraction of sp³-hybridized carbons (Fsp3) is 0.278. The minimum atomic E-state index is -0.579. The van der Waals surface area contributed by atoms with Gasteiger partial charge in [-0.15, -0.1) is 0 Å². The summed E-state index contributed by atoms with van der Waals surface area (Å²) < 4.78 is 0. The SMILES string of the molecule is Cc1ccc(C2(C(C)C)C(=O)Nc3ccccc32)cc1. The Kier molecular flexibility index (Phi) is 2.89. The van der Waals surface area contributed by atoms with Crippen molar-refractivity contribution in [1.82, 2.24) is 0 Å². The first kappa shape index (κ1) is 12.9. The standard InChI is InChI=1S/C18H19NO/c1-12(2)18(14-10-8-13(3)9-11-14)15-6-4-5-7-16(15)19-17(18)20/h4-12H,1-3H3,(H,19,20). The van der Waals surface area contributed by atoms with Crippen molar-refractivity contribution >= 4 is 11.6 Å². The number of para-hydroxylation sites is 1. The normalized spacial score (nSPS) is 20.9. The van der Waals surface area contributed by atoms with E-state index in [0.29, 0.717) is 0 Å². The van der Waals surface area contributed by atoms with Crippen LogP contribution in [0, 0.1) is 12.8 Å². The number of nitrogens with one attached hydrogen (secondary N) is 1. The molecule has 0 saturated carbocycles. The van der Waals surface area contributed by atoms with Gasteiger partial charge in [-0.05, 0) is 30.0 Å². The predicted octanol–water partition coefficient (Wildman–Crippen LogP) is 3.89. The Hall–Kier alpha value is -2.09. The molecule has 0 radical (unpaired) electrons. The Bertz CT molecular complexity index is 657. The summed E-state index contributed by atoms with van der Waals surface area (Å²) in [6.07, 6.45) is 0. The molecule has 1 heterocycles. The van der Waals surface area contributed by atoms with Gasteiger partial charge in [-0.2, -0.15) is 0 Å². The lowest BCUT2D eigenvalue weighted by Gasteiger charge is -2.32. The first-order valence-electron chi connectivity index (χ1n) is 7.05. The van der Waals surface area contributed by atoms with Gasteiger partial charge in [0.15, 0.2) is 0 Å². The van der Waals surface area contributed by atoms with Crippen LogP contribution in [-0.4, -0.2) is 5.91 Å². The summed E-state index contributed by atoms with van der Waals surface area (Å²) in [6.45, 7) is 6.29. The van der Waals surface area contributed by atoms with Gasteiger partial charge in [-0.3, -0.25) is 4.79 Å². The molecule has 2 aromatic rings. The van der Waals surface area contributed by atoms with Crippen LogP contribution in [0.4, 0.5) is 5.69 Å². The number of benzene rings is 2. The number of hydrogen-bond acceptors (Lipinski definition) is 1. The molecule has 1 N–H and O–H groups in total. The molecule has 0 fully saturated rings. The number of amides is 1. The lowest BCUT2D eigenvalue weighted by molar-refractivity contribution is -0.120. The molecule has 102 valence electrons. The van der Waals surface area contributed by atoms with Crippen LogP contribution in [-0.2, 0) is 10.2 Å². The Morgan fingerprint density at radius 1 is 1.00 bits per heavy atom. The van der Waals surface area contributed by atoms with Crippen LogP contribution in [0.25, 0.3) is 0 Å². The highest BCUT2D eigenvalue weighted by Gasteiger charge is 2.50. The number of aryl methyl sites for hydroxylation is 1. The molecule has 1 amide bonds. The third-order valence-electron chi connectivity index (χ3n) is 4.33. The minimum Gasteiger partial charge on any atom is -0.325 e. The molecule has 0 aliphatic carbocycles. The van der Waals surface area contributed by atoms with E-state index in [1.54, 1.807) is 0 Å². The monoisotopic (exact) mass is 265 g/mol. The second kappa shape index (κ2) is 4.48. The van der Waals surface area contributed by atoms with Crippen molar-refractivity contribution in [2.45, 2.75) is 26.2 Å². The molecule has 2 aromatic carbocycles. The van der Waals surface area contributed by atoms with Crippen LogP contribution in [0.3, 0.4) is 0 Å². The van der Waals surface area contributed by atoms with Gasteiger partial charge >= 0.3 is 0 Å². The van der Waals surface area contributed by atoms with E-state index >= 15 is 0 Å². The number of hydrogen-bond donors (Lipinski definition) is 1. The second-order valence-electron chi connectivity index (χ2n) is 5.83. The Morgan fingerprint density at radius 3 is 2.30 bits per heavy atom. The Labute approximate surface area is 119 Å². The summed E-state index contributed by atoms with van der Waals surface area (Å²) >= 11 is 0. The second-order valence-corrected chi connectivity index (χ2v) is 5.83. The summed E-state index contributed by atoms with van der Waals surface area (Å²) in [7, 11) is 0. The van der Waals surface area contributed by atoms with E-state index in [2.05, 4.69) is 56.4 Å². The van der Waals surface area contributed by atoms with Crippen molar-refractivity contribution in [3.8, 4) is 0 Å². The number of carbonyl (C=O) groups is 1. The molecule has 2 heteroatoms. The molecule has 2 nitrogen and oxygen atoms in total. The summed E-state index contributed by atoms with van der Waals surface area (Å²) in [5, 5.41) is 3.04. The summed E-state index contributed by atoms with van der Waals surface area (Å²) in [6, 6.07) is 16.3. The molecule has 0 bridgehead atoms. The predicted molar refractivity (Wildman–Crippen MR) is 81.9 cm³/mol. The molecular formula is C18H19NO. The first-order chi connectivity index (χ1) is 9.56. The third kappa shape index (κ3) is 1.61. The molecule has 3 rings (SSSR count). The fourth-order valence-corrected chi connectivity index (χ4v) is 3.29. The minimum absolute atomic E-state index is 0.0811. The highest BCUT2D eigenvalue weighted by molar-refractivity contribution is 6.08. The van der Waals surface area contributed by atoms with Gasteiger partial charge < -0.3 is 5.32 Å². The van der Waals surface area contributed by atoms with Crippen molar-refractivity contribution in [3.63, 3.8) is 0 Å². The summed E-state index contributed by atoms with van der Waals surface area (Å²) in [5.41, 5.74) is 3.72. The van der Waals surface area contributed by atoms with Gasteiger partial charge in [-0.25, -0.2) is 0 Å². The van der Waals surface area contributed by atoms with Gasteiger partial charge in [0.25, 0.3) is 0 Å². The van der Waals surface area contributed by atoms with Gasteiger partial charge in [0.1, 0.15) is 5.41 Å². The van der Waals surface area contributed by atoms with Gasteiger partial charge in [0, 0.05) is 5.69 Å². The maximum absolute atomic E-state index is 12.8. The summed E-state index contributed by atoms with van der Waals surface area (Å²) in [4.78, 5) is 12.8. The van der Waals surface area contributed by atoms with E-state index in [1.807, 2.05) is 18.2 Å². The van der Waals surface area contributed by atoms with E-state index in [1.165, 1.54) is 5.56 Å². The number of anilines is 1. The zero-order valence-electron chi connectivity index (χ0n) is 12.1. The zero-order chi connectivity index (χ0) is 14.3. The quantitative estimate of drug-likeness (QED) is 0.877. The average molecular weight is 265 g/mol. The lowest BCUT2D eigenvalue weighted by Crippen LogP contribution is -2.40. The topological polar surface area (TPSA) is 29.1 Å².